The van der Waals surface area contributed by atoms with Crippen LogP contribution in [0.5, 0.6) is 0 Å². The lowest BCUT2D eigenvalue weighted by Gasteiger charge is -2.28. The van der Waals surface area contributed by atoms with Crippen LogP contribution >= 0.6 is 0 Å². The molecule has 0 atom stereocenters. The molecule has 128 valence electrons. The monoisotopic (exact) mass is 332 g/mol. The number of fused-ring (bicyclic) bond motifs is 2. The molecule has 0 fully saturated rings. The lowest BCUT2D eigenvalue weighted by molar-refractivity contribution is -0.0185. The number of ketones is 1. The van der Waals surface area contributed by atoms with Gasteiger partial charge in [0.05, 0.1) is 12.2 Å². The van der Waals surface area contributed by atoms with Crippen LogP contribution in [0.1, 0.15) is 65.4 Å². The fraction of sp³-hybridized carbons (Fsp3) is 0.348. The first-order valence-electron chi connectivity index (χ1n) is 8.83. The van der Waals surface area contributed by atoms with Crippen LogP contribution in [-0.2, 0) is 23.2 Å². The van der Waals surface area contributed by atoms with Crippen LogP contribution in [0, 0.1) is 12.3 Å². The van der Waals surface area contributed by atoms with Crippen molar-refractivity contribution in [2.45, 2.75) is 45.6 Å². The maximum Gasteiger partial charge on any atom is 0.193 e. The van der Waals surface area contributed by atoms with Gasteiger partial charge >= 0.3 is 0 Å². The quantitative estimate of drug-likeness (QED) is 0.502. The van der Waals surface area contributed by atoms with Gasteiger partial charge in [-0.25, -0.2) is 0 Å². The van der Waals surface area contributed by atoms with E-state index in [4.69, 9.17) is 11.2 Å². The largest absolute Gasteiger partial charge is 0.370 e. The predicted molar refractivity (Wildman–Crippen MR) is 101 cm³/mol. The summed E-state index contributed by atoms with van der Waals surface area (Å²) in [5.74, 6) is 2.70. The summed E-state index contributed by atoms with van der Waals surface area (Å²) in [4.78, 5) is 13.0. The molecule has 2 aromatic rings. The van der Waals surface area contributed by atoms with Crippen LogP contribution in [0.25, 0.3) is 0 Å². The zero-order chi connectivity index (χ0) is 18.0. The molecule has 2 aromatic carbocycles. The lowest BCUT2D eigenvalue weighted by Crippen LogP contribution is -2.24. The van der Waals surface area contributed by atoms with Crippen molar-refractivity contribution in [3.63, 3.8) is 0 Å². The molecule has 0 amide bonds. The Morgan fingerprint density at radius 3 is 2.64 bits per heavy atom. The Kier molecular flexibility index (Phi) is 4.79. The number of ether oxygens (including phenoxy) is 1. The van der Waals surface area contributed by atoms with Gasteiger partial charge in [0.25, 0.3) is 0 Å². The molecule has 0 radical (unpaired) electrons. The van der Waals surface area contributed by atoms with Crippen molar-refractivity contribution in [3.05, 3.63) is 69.8 Å². The smallest absolute Gasteiger partial charge is 0.193 e. The number of hydrogen-bond donors (Lipinski definition) is 0. The first-order valence-corrected chi connectivity index (χ1v) is 8.83. The Labute approximate surface area is 150 Å². The third kappa shape index (κ3) is 3.38. The number of rotatable bonds is 5. The van der Waals surface area contributed by atoms with Crippen molar-refractivity contribution in [2.75, 3.05) is 6.61 Å². The average Bonchev–Trinajstić information content (AvgIpc) is 2.61. The summed E-state index contributed by atoms with van der Waals surface area (Å²) < 4.78 is 5.93. The number of carbonyl (C=O) groups is 1. The highest BCUT2D eigenvalue weighted by Crippen LogP contribution is 2.32. The molecule has 0 heterocycles. The van der Waals surface area contributed by atoms with Crippen molar-refractivity contribution in [1.82, 2.24) is 0 Å². The Morgan fingerprint density at radius 2 is 1.92 bits per heavy atom. The SMILES string of the molecule is C#CCCOC(C)(C)c1ccc2c(c1)C(=O)c1ccc(CC)cc1C2. The molecule has 3 rings (SSSR count). The van der Waals surface area contributed by atoms with Crippen LogP contribution < -0.4 is 0 Å². The van der Waals surface area contributed by atoms with E-state index >= 15 is 0 Å². The number of terminal acetylenes is 1. The van der Waals surface area contributed by atoms with Gasteiger partial charge in [0.2, 0.25) is 0 Å². The second kappa shape index (κ2) is 6.86. The molecule has 0 N–H and O–H groups in total. The molecule has 1 aliphatic rings. The molecule has 0 saturated heterocycles. The Morgan fingerprint density at radius 1 is 1.12 bits per heavy atom. The summed E-state index contributed by atoms with van der Waals surface area (Å²) in [6, 6.07) is 12.3. The fourth-order valence-corrected chi connectivity index (χ4v) is 3.35. The molecule has 0 aliphatic heterocycles. The predicted octanol–water partition coefficient (Wildman–Crippen LogP) is 4.66. The van der Waals surface area contributed by atoms with Crippen molar-refractivity contribution < 1.29 is 9.53 Å². The van der Waals surface area contributed by atoms with Gasteiger partial charge in [0.1, 0.15) is 0 Å². The van der Waals surface area contributed by atoms with Gasteiger partial charge in [-0.3, -0.25) is 4.79 Å². The first-order chi connectivity index (χ1) is 12.0. The molecule has 1 aliphatic carbocycles. The number of benzene rings is 2. The van der Waals surface area contributed by atoms with Gasteiger partial charge in [0, 0.05) is 17.5 Å². The van der Waals surface area contributed by atoms with E-state index in [9.17, 15) is 4.79 Å². The zero-order valence-electron chi connectivity index (χ0n) is 15.2. The van der Waals surface area contributed by atoms with Crippen molar-refractivity contribution >= 4 is 5.78 Å². The molecule has 2 nitrogen and oxygen atoms in total. The molecule has 25 heavy (non-hydrogen) atoms. The Hall–Kier alpha value is -2.37. The van der Waals surface area contributed by atoms with E-state index in [1.165, 1.54) is 5.56 Å². The second-order valence-electron chi connectivity index (χ2n) is 7.04. The van der Waals surface area contributed by atoms with Crippen molar-refractivity contribution in [2.24, 2.45) is 0 Å². The molecule has 2 heteroatoms. The number of hydrogen-bond acceptors (Lipinski definition) is 2. The van der Waals surface area contributed by atoms with E-state index in [2.05, 4.69) is 37.1 Å². The molecule has 0 spiro atoms. The van der Waals surface area contributed by atoms with Crippen molar-refractivity contribution in [1.29, 1.82) is 0 Å². The molecule has 0 aromatic heterocycles. The van der Waals surface area contributed by atoms with Crippen LogP contribution in [0.2, 0.25) is 0 Å². The highest BCUT2D eigenvalue weighted by molar-refractivity contribution is 6.12. The standard InChI is InChI=1S/C23H24O2/c1-5-7-12-25-23(3,4)19-10-9-17-14-18-13-16(6-2)8-11-20(18)22(24)21(17)15-19/h1,8-11,13,15H,6-7,12,14H2,2-4H3. The molecule has 0 unspecified atom stereocenters. The summed E-state index contributed by atoms with van der Waals surface area (Å²) >= 11 is 0. The summed E-state index contributed by atoms with van der Waals surface area (Å²) in [7, 11) is 0. The van der Waals surface area contributed by atoms with E-state index < -0.39 is 5.60 Å². The van der Waals surface area contributed by atoms with Gasteiger partial charge in [-0.05, 0) is 55.0 Å². The van der Waals surface area contributed by atoms with Crippen LogP contribution in [0.4, 0.5) is 0 Å². The van der Waals surface area contributed by atoms with Crippen LogP contribution in [-0.4, -0.2) is 12.4 Å². The maximum atomic E-state index is 13.0. The number of carbonyl (C=O) groups excluding carboxylic acids is 1. The highest BCUT2D eigenvalue weighted by atomic mass is 16.5. The Balaban J connectivity index is 1.93. The van der Waals surface area contributed by atoms with E-state index in [1.54, 1.807) is 0 Å². The fourth-order valence-electron chi connectivity index (χ4n) is 3.35. The molecular formula is C23H24O2. The summed E-state index contributed by atoms with van der Waals surface area (Å²) in [5, 5.41) is 0. The van der Waals surface area contributed by atoms with Gasteiger partial charge < -0.3 is 4.74 Å². The van der Waals surface area contributed by atoms with Gasteiger partial charge in [-0.1, -0.05) is 37.3 Å². The molecular weight excluding hydrogens is 308 g/mol. The molecule has 0 bridgehead atoms. The van der Waals surface area contributed by atoms with Gasteiger partial charge in [0.15, 0.2) is 5.78 Å². The maximum absolute atomic E-state index is 13.0. The normalized spacial score (nSPS) is 13.1. The third-order valence-electron chi connectivity index (χ3n) is 4.96. The lowest BCUT2D eigenvalue weighted by atomic mass is 9.82. The summed E-state index contributed by atoms with van der Waals surface area (Å²) in [5.41, 5.74) is 5.65. The van der Waals surface area contributed by atoms with Crippen molar-refractivity contribution in [3.8, 4) is 12.3 Å². The third-order valence-corrected chi connectivity index (χ3v) is 4.96. The molecule has 0 saturated carbocycles. The van der Waals surface area contributed by atoms with Gasteiger partial charge in [-0.2, -0.15) is 0 Å². The zero-order valence-corrected chi connectivity index (χ0v) is 15.2. The summed E-state index contributed by atoms with van der Waals surface area (Å²) in [6.45, 7) is 6.67. The number of aryl methyl sites for hydroxylation is 1. The van der Waals surface area contributed by atoms with E-state index in [0.717, 1.165) is 40.7 Å². The first kappa shape index (κ1) is 17.5. The van der Waals surface area contributed by atoms with Crippen LogP contribution in [0.15, 0.2) is 36.4 Å². The second-order valence-corrected chi connectivity index (χ2v) is 7.04. The average molecular weight is 332 g/mol. The van der Waals surface area contributed by atoms with Gasteiger partial charge in [-0.15, -0.1) is 12.3 Å². The van der Waals surface area contributed by atoms with E-state index in [-0.39, 0.29) is 5.78 Å². The Bertz CT molecular complexity index is 853. The van der Waals surface area contributed by atoms with Crippen LogP contribution in [0.3, 0.4) is 0 Å². The minimum Gasteiger partial charge on any atom is -0.370 e. The highest BCUT2D eigenvalue weighted by Gasteiger charge is 2.27. The topological polar surface area (TPSA) is 26.3 Å². The summed E-state index contributed by atoms with van der Waals surface area (Å²) in [6.07, 6.45) is 7.67. The van der Waals surface area contributed by atoms with E-state index in [1.807, 2.05) is 26.0 Å². The van der Waals surface area contributed by atoms with E-state index in [0.29, 0.717) is 13.0 Å². The minimum atomic E-state index is -0.474. The minimum absolute atomic E-state index is 0.111.